The van der Waals surface area contributed by atoms with Crippen molar-refractivity contribution in [1.29, 1.82) is 0 Å². The maximum absolute atomic E-state index is 10.2. The first-order chi connectivity index (χ1) is 7.69. The van der Waals surface area contributed by atoms with Crippen LogP contribution < -0.4 is 0 Å². The number of methoxy groups -OCH3 is 1. The average Bonchev–Trinajstić information content (AvgIpc) is 2.31. The van der Waals surface area contributed by atoms with Crippen LogP contribution in [0.2, 0.25) is 0 Å². The third-order valence-electron chi connectivity index (χ3n) is 3.76. The van der Waals surface area contributed by atoms with Crippen molar-refractivity contribution in [3.63, 3.8) is 0 Å². The SMILES string of the molecule is C=C(CC)CC(O)C(OC)C1CCCCC1. The summed E-state index contributed by atoms with van der Waals surface area (Å²) in [5.41, 5.74) is 1.12. The summed E-state index contributed by atoms with van der Waals surface area (Å²) in [6.45, 7) is 6.04. The zero-order chi connectivity index (χ0) is 12.0. The molecule has 2 heteroatoms. The van der Waals surface area contributed by atoms with E-state index in [4.69, 9.17) is 4.74 Å². The number of hydrogen-bond donors (Lipinski definition) is 1. The summed E-state index contributed by atoms with van der Waals surface area (Å²) in [6, 6.07) is 0. The Morgan fingerprint density at radius 1 is 1.38 bits per heavy atom. The molecule has 0 aromatic heterocycles. The maximum Gasteiger partial charge on any atom is 0.0861 e. The van der Waals surface area contributed by atoms with Crippen LogP contribution in [0.1, 0.15) is 51.9 Å². The van der Waals surface area contributed by atoms with Gasteiger partial charge in [0.1, 0.15) is 0 Å². The van der Waals surface area contributed by atoms with Crippen molar-refractivity contribution in [2.45, 2.75) is 64.1 Å². The van der Waals surface area contributed by atoms with Crippen molar-refractivity contribution in [1.82, 2.24) is 0 Å². The van der Waals surface area contributed by atoms with Gasteiger partial charge in [-0.2, -0.15) is 0 Å². The maximum atomic E-state index is 10.2. The molecule has 0 aromatic carbocycles. The van der Waals surface area contributed by atoms with Gasteiger partial charge < -0.3 is 9.84 Å². The Morgan fingerprint density at radius 3 is 2.50 bits per heavy atom. The van der Waals surface area contributed by atoms with Crippen LogP contribution in [-0.2, 0) is 4.74 Å². The molecule has 16 heavy (non-hydrogen) atoms. The van der Waals surface area contributed by atoms with Gasteiger partial charge in [-0.25, -0.2) is 0 Å². The first-order valence-electron chi connectivity index (χ1n) is 6.56. The molecular weight excluding hydrogens is 200 g/mol. The lowest BCUT2D eigenvalue weighted by Gasteiger charge is -2.32. The van der Waals surface area contributed by atoms with E-state index in [0.717, 1.165) is 12.0 Å². The fraction of sp³-hybridized carbons (Fsp3) is 0.857. The third-order valence-corrected chi connectivity index (χ3v) is 3.76. The van der Waals surface area contributed by atoms with E-state index < -0.39 is 0 Å². The second-order valence-electron chi connectivity index (χ2n) is 4.97. The molecule has 0 amide bonds. The molecule has 0 aromatic rings. The van der Waals surface area contributed by atoms with Crippen molar-refractivity contribution < 1.29 is 9.84 Å². The fourth-order valence-corrected chi connectivity index (χ4v) is 2.68. The van der Waals surface area contributed by atoms with Gasteiger partial charge in [0, 0.05) is 7.11 Å². The first-order valence-corrected chi connectivity index (χ1v) is 6.56. The fourth-order valence-electron chi connectivity index (χ4n) is 2.68. The lowest BCUT2D eigenvalue weighted by Crippen LogP contribution is -2.36. The van der Waals surface area contributed by atoms with Crippen molar-refractivity contribution in [3.8, 4) is 0 Å². The van der Waals surface area contributed by atoms with Crippen LogP contribution in [0.4, 0.5) is 0 Å². The zero-order valence-corrected chi connectivity index (χ0v) is 10.7. The number of aliphatic hydroxyl groups excluding tert-OH is 1. The van der Waals surface area contributed by atoms with Crippen LogP contribution in [0.15, 0.2) is 12.2 Å². The van der Waals surface area contributed by atoms with Crippen molar-refractivity contribution in [2.24, 2.45) is 5.92 Å². The van der Waals surface area contributed by atoms with Gasteiger partial charge in [-0.05, 0) is 31.6 Å². The van der Waals surface area contributed by atoms with E-state index in [9.17, 15) is 5.11 Å². The van der Waals surface area contributed by atoms with E-state index in [1.165, 1.54) is 32.1 Å². The van der Waals surface area contributed by atoms with Crippen LogP contribution in [0.3, 0.4) is 0 Å². The second-order valence-corrected chi connectivity index (χ2v) is 4.97. The monoisotopic (exact) mass is 226 g/mol. The van der Waals surface area contributed by atoms with Gasteiger partial charge in [-0.3, -0.25) is 0 Å². The Kier molecular flexibility index (Phi) is 6.07. The minimum absolute atomic E-state index is 0.00333. The molecule has 2 atom stereocenters. The number of hydrogen-bond acceptors (Lipinski definition) is 2. The highest BCUT2D eigenvalue weighted by atomic mass is 16.5. The summed E-state index contributed by atoms with van der Waals surface area (Å²) in [5, 5.41) is 10.2. The summed E-state index contributed by atoms with van der Waals surface area (Å²) in [5.74, 6) is 0.540. The number of rotatable bonds is 6. The molecular formula is C14H26O2. The molecule has 0 spiro atoms. The standard InChI is InChI=1S/C14H26O2/c1-4-11(2)10-13(15)14(16-3)12-8-6-5-7-9-12/h12-15H,2,4-10H2,1,3H3. The van der Waals surface area contributed by atoms with Crippen LogP contribution in [0.5, 0.6) is 0 Å². The van der Waals surface area contributed by atoms with E-state index >= 15 is 0 Å². The highest BCUT2D eigenvalue weighted by Gasteiger charge is 2.29. The Hall–Kier alpha value is -0.340. The smallest absolute Gasteiger partial charge is 0.0861 e. The molecule has 2 unspecified atom stereocenters. The molecule has 0 radical (unpaired) electrons. The largest absolute Gasteiger partial charge is 0.390 e. The van der Waals surface area contributed by atoms with Gasteiger partial charge in [0.2, 0.25) is 0 Å². The molecule has 0 bridgehead atoms. The molecule has 0 saturated heterocycles. The van der Waals surface area contributed by atoms with Crippen LogP contribution in [0, 0.1) is 5.92 Å². The van der Waals surface area contributed by atoms with Gasteiger partial charge in [-0.15, -0.1) is 0 Å². The van der Waals surface area contributed by atoms with Gasteiger partial charge in [0.25, 0.3) is 0 Å². The molecule has 1 rings (SSSR count). The zero-order valence-electron chi connectivity index (χ0n) is 10.7. The molecule has 2 nitrogen and oxygen atoms in total. The van der Waals surface area contributed by atoms with Crippen LogP contribution >= 0.6 is 0 Å². The molecule has 1 aliphatic carbocycles. The average molecular weight is 226 g/mol. The predicted octanol–water partition coefficient (Wildman–Crippen LogP) is 3.30. The third kappa shape index (κ3) is 3.91. The normalized spacial score (nSPS) is 21.7. The lowest BCUT2D eigenvalue weighted by molar-refractivity contribution is -0.0536. The topological polar surface area (TPSA) is 29.5 Å². The van der Waals surface area contributed by atoms with Gasteiger partial charge in [0.05, 0.1) is 12.2 Å². The molecule has 94 valence electrons. The summed E-state index contributed by atoms with van der Waals surface area (Å²) >= 11 is 0. The van der Waals surface area contributed by atoms with E-state index in [-0.39, 0.29) is 12.2 Å². The Balaban J connectivity index is 2.47. The highest BCUT2D eigenvalue weighted by molar-refractivity contribution is 4.97. The quantitative estimate of drug-likeness (QED) is 0.704. The van der Waals surface area contributed by atoms with Crippen molar-refractivity contribution >= 4 is 0 Å². The molecule has 1 aliphatic rings. The summed E-state index contributed by atoms with van der Waals surface area (Å²) < 4.78 is 5.51. The van der Waals surface area contributed by atoms with E-state index in [1.807, 2.05) is 0 Å². The van der Waals surface area contributed by atoms with Crippen molar-refractivity contribution in [3.05, 3.63) is 12.2 Å². The molecule has 1 fully saturated rings. The Morgan fingerprint density at radius 2 is 2.00 bits per heavy atom. The highest BCUT2D eigenvalue weighted by Crippen LogP contribution is 2.30. The predicted molar refractivity (Wildman–Crippen MR) is 67.4 cm³/mol. The van der Waals surface area contributed by atoms with Gasteiger partial charge >= 0.3 is 0 Å². The van der Waals surface area contributed by atoms with E-state index in [1.54, 1.807) is 7.11 Å². The minimum Gasteiger partial charge on any atom is -0.390 e. The van der Waals surface area contributed by atoms with E-state index in [0.29, 0.717) is 12.3 Å². The van der Waals surface area contributed by atoms with Gasteiger partial charge in [0.15, 0.2) is 0 Å². The summed E-state index contributed by atoms with van der Waals surface area (Å²) in [6.07, 6.45) is 7.57. The van der Waals surface area contributed by atoms with E-state index in [2.05, 4.69) is 13.5 Å². The molecule has 1 saturated carbocycles. The molecule has 1 N–H and O–H groups in total. The van der Waals surface area contributed by atoms with Gasteiger partial charge in [-0.1, -0.05) is 38.3 Å². The number of ether oxygens (including phenoxy) is 1. The first kappa shape index (κ1) is 13.7. The second kappa shape index (κ2) is 7.08. The Bertz CT molecular complexity index is 207. The van der Waals surface area contributed by atoms with Crippen molar-refractivity contribution in [2.75, 3.05) is 7.11 Å². The molecule has 0 aliphatic heterocycles. The minimum atomic E-state index is -0.374. The Labute approximate surface area is 99.7 Å². The van der Waals surface area contributed by atoms with Crippen LogP contribution in [0.25, 0.3) is 0 Å². The lowest BCUT2D eigenvalue weighted by atomic mass is 9.82. The summed E-state index contributed by atoms with van der Waals surface area (Å²) in [4.78, 5) is 0. The summed E-state index contributed by atoms with van der Waals surface area (Å²) in [7, 11) is 1.72. The number of aliphatic hydroxyl groups is 1. The van der Waals surface area contributed by atoms with Crippen LogP contribution in [-0.4, -0.2) is 24.4 Å². The molecule has 0 heterocycles.